The summed E-state index contributed by atoms with van der Waals surface area (Å²) in [6, 6.07) is 11.4. The van der Waals surface area contributed by atoms with Crippen molar-refractivity contribution in [1.82, 2.24) is 21.4 Å². The first-order valence-corrected chi connectivity index (χ1v) is 10.9. The molecule has 0 radical (unpaired) electrons. The number of benzene rings is 2. The highest BCUT2D eigenvalue weighted by atomic mass is 16.7. The number of hydrogen-bond donors (Lipinski definition) is 6. The van der Waals surface area contributed by atoms with E-state index in [1.165, 1.54) is 19.1 Å². The average molecular weight is 501 g/mol. The third-order valence-corrected chi connectivity index (χ3v) is 5.03. The largest absolute Gasteiger partial charge is 0.508 e. The lowest BCUT2D eigenvalue weighted by Crippen LogP contribution is -2.53. The predicted octanol–water partition coefficient (Wildman–Crippen LogP) is -1.08. The summed E-state index contributed by atoms with van der Waals surface area (Å²) in [5.74, 6) is -3.05. The van der Waals surface area contributed by atoms with Crippen LogP contribution >= 0.6 is 0 Å². The predicted molar refractivity (Wildman–Crippen MR) is 128 cm³/mol. The SMILES string of the molecule is C[C@H](NC(=O)[C@@H](N)Cc1ccc(O)cc1)C(=O)NCC(=O)NC(=O)[C@H](Cc1ccccc1)N[N+](=O)[O-]. The lowest BCUT2D eigenvalue weighted by atomic mass is 10.1. The quantitative estimate of drug-likeness (QED) is 0.155. The second-order valence-electron chi connectivity index (χ2n) is 7.97. The van der Waals surface area contributed by atoms with Crippen molar-refractivity contribution in [2.45, 2.75) is 37.9 Å². The minimum atomic E-state index is -1.32. The van der Waals surface area contributed by atoms with E-state index in [-0.39, 0.29) is 18.6 Å². The van der Waals surface area contributed by atoms with Crippen LogP contribution in [0.5, 0.6) is 5.75 Å². The molecule has 0 saturated heterocycles. The van der Waals surface area contributed by atoms with Gasteiger partial charge in [-0.2, -0.15) is 0 Å². The van der Waals surface area contributed by atoms with Gasteiger partial charge in [0.15, 0.2) is 11.1 Å². The highest BCUT2D eigenvalue weighted by molar-refractivity contribution is 6.00. The number of nitrogens with two attached hydrogens (primary N) is 1. The number of carbonyl (C=O) groups excluding carboxylic acids is 4. The van der Waals surface area contributed by atoms with Gasteiger partial charge in [0.2, 0.25) is 17.7 Å². The van der Waals surface area contributed by atoms with Gasteiger partial charge in [-0.1, -0.05) is 42.5 Å². The first kappa shape index (κ1) is 27.7. The normalized spacial score (nSPS) is 12.9. The molecule has 13 heteroatoms. The monoisotopic (exact) mass is 500 g/mol. The molecule has 192 valence electrons. The molecular formula is C23H28N6O7. The van der Waals surface area contributed by atoms with E-state index in [9.17, 15) is 34.4 Å². The number of phenols is 1. The van der Waals surface area contributed by atoms with Gasteiger partial charge in [0, 0.05) is 6.42 Å². The van der Waals surface area contributed by atoms with Crippen molar-refractivity contribution in [3.05, 3.63) is 75.8 Å². The summed E-state index contributed by atoms with van der Waals surface area (Å²) in [5.41, 5.74) is 9.09. The maximum atomic E-state index is 12.4. The number of carbonyl (C=O) groups is 4. The fourth-order valence-corrected chi connectivity index (χ4v) is 3.13. The van der Waals surface area contributed by atoms with Crippen LogP contribution < -0.4 is 27.1 Å². The van der Waals surface area contributed by atoms with Gasteiger partial charge in [0.05, 0.1) is 12.6 Å². The van der Waals surface area contributed by atoms with E-state index in [2.05, 4.69) is 10.6 Å². The average Bonchev–Trinajstić information content (AvgIpc) is 2.83. The summed E-state index contributed by atoms with van der Waals surface area (Å²) >= 11 is 0. The number of imide groups is 1. The third-order valence-electron chi connectivity index (χ3n) is 5.03. The number of rotatable bonds is 12. The van der Waals surface area contributed by atoms with E-state index in [1.54, 1.807) is 42.5 Å². The molecule has 0 unspecified atom stereocenters. The van der Waals surface area contributed by atoms with Crippen LogP contribution in [-0.4, -0.2) is 58.4 Å². The summed E-state index contributed by atoms with van der Waals surface area (Å²) in [6.07, 6.45) is 0.133. The summed E-state index contributed by atoms with van der Waals surface area (Å²) in [5, 5.41) is 26.0. The molecule has 3 atom stereocenters. The molecule has 2 rings (SSSR count). The Hall–Kier alpha value is -4.52. The van der Waals surface area contributed by atoms with E-state index in [0.717, 1.165) is 0 Å². The molecule has 0 heterocycles. The van der Waals surface area contributed by atoms with Crippen molar-refractivity contribution in [3.8, 4) is 5.75 Å². The molecule has 36 heavy (non-hydrogen) atoms. The minimum absolute atomic E-state index is 0.0409. The van der Waals surface area contributed by atoms with Gasteiger partial charge in [-0.15, -0.1) is 5.43 Å². The molecule has 2 aromatic carbocycles. The minimum Gasteiger partial charge on any atom is -0.508 e. The van der Waals surface area contributed by atoms with Gasteiger partial charge >= 0.3 is 0 Å². The van der Waals surface area contributed by atoms with Crippen molar-refractivity contribution < 1.29 is 29.3 Å². The van der Waals surface area contributed by atoms with Gasteiger partial charge in [-0.3, -0.25) is 24.5 Å². The second-order valence-corrected chi connectivity index (χ2v) is 7.97. The zero-order chi connectivity index (χ0) is 26.7. The summed E-state index contributed by atoms with van der Waals surface area (Å²) in [6.45, 7) is 0.793. The van der Waals surface area contributed by atoms with Gasteiger partial charge < -0.3 is 21.5 Å². The number of hydrogen-bond acceptors (Lipinski definition) is 8. The van der Waals surface area contributed by atoms with Gasteiger partial charge in [0.1, 0.15) is 11.8 Å². The molecule has 0 spiro atoms. The standard InChI is InChI=1S/C23H28N6O7/c1-14(26-22(33)18(24)11-16-7-9-17(30)10-8-16)21(32)25-13-20(31)27-23(34)19(28-29(35)36)12-15-5-3-2-4-6-15/h2-10,14,18-19,28,30H,11-13,24H2,1H3,(H,25,32)(H,26,33)(H,27,31,34)/t14-,18-,19-/m0/s1. The molecule has 0 fully saturated rings. The number of aromatic hydroxyl groups is 1. The molecule has 0 aromatic heterocycles. The lowest BCUT2D eigenvalue weighted by Gasteiger charge is -2.18. The topological polar surface area (TPSA) is 206 Å². The maximum absolute atomic E-state index is 12.4. The van der Waals surface area contributed by atoms with Gasteiger partial charge in [0.25, 0.3) is 5.91 Å². The second kappa shape index (κ2) is 13.4. The van der Waals surface area contributed by atoms with Crippen LogP contribution in [0.15, 0.2) is 54.6 Å². The zero-order valence-electron chi connectivity index (χ0n) is 19.5. The van der Waals surface area contributed by atoms with Crippen molar-refractivity contribution in [3.63, 3.8) is 0 Å². The number of nitrogens with zero attached hydrogens (tertiary/aromatic N) is 1. The molecule has 0 bridgehead atoms. The van der Waals surface area contributed by atoms with Crippen molar-refractivity contribution in [2.75, 3.05) is 6.54 Å². The Kier molecular flexibility index (Phi) is 10.3. The summed E-state index contributed by atoms with van der Waals surface area (Å²) in [7, 11) is 0. The molecule has 7 N–H and O–H groups in total. The smallest absolute Gasteiger partial charge is 0.255 e. The van der Waals surface area contributed by atoms with Crippen LogP contribution in [0.25, 0.3) is 0 Å². The van der Waals surface area contributed by atoms with E-state index in [1.807, 2.05) is 10.7 Å². The van der Waals surface area contributed by atoms with Crippen LogP contribution in [0.1, 0.15) is 18.1 Å². The van der Waals surface area contributed by atoms with Crippen LogP contribution in [0, 0.1) is 10.1 Å². The number of hydrazine groups is 1. The highest BCUT2D eigenvalue weighted by Crippen LogP contribution is 2.11. The van der Waals surface area contributed by atoms with Gasteiger partial charge in [-0.05, 0) is 36.6 Å². The van der Waals surface area contributed by atoms with Crippen molar-refractivity contribution >= 4 is 23.6 Å². The third kappa shape index (κ3) is 9.38. The molecular weight excluding hydrogens is 472 g/mol. The fraction of sp³-hybridized carbons (Fsp3) is 0.304. The number of amides is 4. The first-order chi connectivity index (χ1) is 17.0. The summed E-state index contributed by atoms with van der Waals surface area (Å²) < 4.78 is 0. The Bertz CT molecular complexity index is 1080. The first-order valence-electron chi connectivity index (χ1n) is 10.9. The number of nitrogens with one attached hydrogen (secondary N) is 4. The van der Waals surface area contributed by atoms with Crippen molar-refractivity contribution in [2.24, 2.45) is 5.73 Å². The van der Waals surface area contributed by atoms with E-state index in [0.29, 0.717) is 11.1 Å². The van der Waals surface area contributed by atoms with E-state index < -0.39 is 53.3 Å². The van der Waals surface area contributed by atoms with Crippen molar-refractivity contribution in [1.29, 1.82) is 0 Å². The van der Waals surface area contributed by atoms with Crippen LogP contribution in [0.4, 0.5) is 0 Å². The zero-order valence-corrected chi connectivity index (χ0v) is 19.5. The molecule has 0 aliphatic rings. The van der Waals surface area contributed by atoms with E-state index in [4.69, 9.17) is 5.73 Å². The Labute approximate surface area is 206 Å². The van der Waals surface area contributed by atoms with E-state index >= 15 is 0 Å². The molecule has 0 saturated carbocycles. The van der Waals surface area contributed by atoms with Gasteiger partial charge in [-0.25, -0.2) is 10.1 Å². The lowest BCUT2D eigenvalue weighted by molar-refractivity contribution is -0.548. The highest BCUT2D eigenvalue weighted by Gasteiger charge is 2.26. The Morgan fingerprint density at radius 1 is 0.944 bits per heavy atom. The Morgan fingerprint density at radius 2 is 1.56 bits per heavy atom. The Morgan fingerprint density at radius 3 is 2.17 bits per heavy atom. The molecule has 2 aromatic rings. The van der Waals surface area contributed by atoms with Crippen LogP contribution in [-0.2, 0) is 32.0 Å². The fourth-order valence-electron chi connectivity index (χ4n) is 3.13. The molecule has 13 nitrogen and oxygen atoms in total. The Balaban J connectivity index is 1.80. The number of phenolic OH excluding ortho intramolecular Hbond substituents is 1. The molecule has 0 aliphatic heterocycles. The van der Waals surface area contributed by atoms with Crippen LogP contribution in [0.2, 0.25) is 0 Å². The maximum Gasteiger partial charge on any atom is 0.255 e. The molecule has 0 aliphatic carbocycles. The molecule has 4 amide bonds. The van der Waals surface area contributed by atoms with Crippen LogP contribution in [0.3, 0.4) is 0 Å². The number of nitro groups is 1. The summed E-state index contributed by atoms with van der Waals surface area (Å²) in [4.78, 5) is 59.8.